The van der Waals surface area contributed by atoms with Gasteiger partial charge in [-0.1, -0.05) is 0 Å². The van der Waals surface area contributed by atoms with E-state index < -0.39 is 41.4 Å². The monoisotopic (exact) mass is 445 g/mol. The molecule has 0 bridgehead atoms. The van der Waals surface area contributed by atoms with Crippen LogP contribution >= 0.6 is 0 Å². The number of nitrogens with zero attached hydrogens (tertiary/aromatic N) is 1. The van der Waals surface area contributed by atoms with Crippen molar-refractivity contribution in [2.75, 3.05) is 14.2 Å². The molecule has 0 radical (unpaired) electrons. The largest absolute Gasteiger partial charge is 0.497 e. The van der Waals surface area contributed by atoms with Crippen LogP contribution in [0.4, 0.5) is 0 Å². The number of carbonyl (C=O) groups excluding carboxylic acids is 2. The van der Waals surface area contributed by atoms with Crippen molar-refractivity contribution in [1.82, 2.24) is 4.98 Å². The molecule has 3 atom stereocenters. The van der Waals surface area contributed by atoms with Crippen LogP contribution < -0.4 is 9.47 Å². The number of methoxy groups -OCH3 is 2. The fourth-order valence-electron chi connectivity index (χ4n) is 3.79. The predicted octanol–water partition coefficient (Wildman–Crippen LogP) is 3.23. The van der Waals surface area contributed by atoms with Crippen molar-refractivity contribution >= 4 is 28.8 Å². The number of hydrogen-bond acceptors (Lipinski definition) is 8. The molecule has 1 unspecified atom stereocenters. The molecule has 1 fully saturated rings. The fourth-order valence-corrected chi connectivity index (χ4v) is 3.79. The van der Waals surface area contributed by atoms with Gasteiger partial charge >= 0.3 is 17.9 Å². The normalized spacial score (nSPS) is 20.6. The maximum Gasteiger partial charge on any atom is 0.356 e. The maximum atomic E-state index is 12.6. The summed E-state index contributed by atoms with van der Waals surface area (Å²) in [5.74, 6) is -3.14. The summed E-state index contributed by atoms with van der Waals surface area (Å²) in [4.78, 5) is 40.8. The zero-order valence-electron chi connectivity index (χ0n) is 18.7. The number of carbonyl (C=O) groups is 3. The standard InChI is InChI=1S/C23H27NO8/c1-23(2,3)32-21(27)16-9-13(8-15(16)20(25)26)31-19-11-18(22(28)30-5)24-17-10-12(29-4)6-7-14(17)19/h6-7,10-11,13,15-16H,8-9H2,1-5H3,(H,25,26)/t13-,15-,16?/m1/s1. The van der Waals surface area contributed by atoms with Gasteiger partial charge in [-0.05, 0) is 45.7 Å². The molecule has 9 heteroatoms. The Hall–Kier alpha value is -3.36. The summed E-state index contributed by atoms with van der Waals surface area (Å²) < 4.78 is 21.6. The van der Waals surface area contributed by atoms with Crippen molar-refractivity contribution in [2.24, 2.45) is 11.8 Å². The molecule has 0 saturated heterocycles. The molecule has 2 aromatic rings. The van der Waals surface area contributed by atoms with Crippen LogP contribution in [0.25, 0.3) is 10.9 Å². The van der Waals surface area contributed by atoms with Gasteiger partial charge in [-0.2, -0.15) is 0 Å². The lowest BCUT2D eigenvalue weighted by Gasteiger charge is -2.23. The van der Waals surface area contributed by atoms with Crippen LogP contribution in [-0.4, -0.2) is 53.9 Å². The number of hydrogen-bond donors (Lipinski definition) is 1. The molecule has 0 amide bonds. The zero-order valence-corrected chi connectivity index (χ0v) is 18.7. The second-order valence-corrected chi connectivity index (χ2v) is 8.68. The van der Waals surface area contributed by atoms with Crippen molar-refractivity contribution in [3.05, 3.63) is 30.0 Å². The molecule has 3 rings (SSSR count). The van der Waals surface area contributed by atoms with E-state index in [0.717, 1.165) is 0 Å². The molecule has 172 valence electrons. The second-order valence-electron chi connectivity index (χ2n) is 8.68. The van der Waals surface area contributed by atoms with Gasteiger partial charge in [0, 0.05) is 17.5 Å². The summed E-state index contributed by atoms with van der Waals surface area (Å²) >= 11 is 0. The van der Waals surface area contributed by atoms with Gasteiger partial charge in [0.2, 0.25) is 0 Å². The number of fused-ring (bicyclic) bond motifs is 1. The summed E-state index contributed by atoms with van der Waals surface area (Å²) in [6.45, 7) is 5.19. The van der Waals surface area contributed by atoms with E-state index in [4.69, 9.17) is 18.9 Å². The Labute approximate surface area is 185 Å². The quantitative estimate of drug-likeness (QED) is 0.668. The lowest BCUT2D eigenvalue weighted by Crippen LogP contribution is -2.32. The Kier molecular flexibility index (Phi) is 6.57. The first-order chi connectivity index (χ1) is 15.0. The smallest absolute Gasteiger partial charge is 0.356 e. The summed E-state index contributed by atoms with van der Waals surface area (Å²) in [5, 5.41) is 10.3. The van der Waals surface area contributed by atoms with Crippen LogP contribution in [0.15, 0.2) is 24.3 Å². The van der Waals surface area contributed by atoms with Gasteiger partial charge in [0.15, 0.2) is 5.69 Å². The molecular formula is C23H27NO8. The molecule has 1 saturated carbocycles. The zero-order chi connectivity index (χ0) is 23.6. The first-order valence-electron chi connectivity index (χ1n) is 10.2. The van der Waals surface area contributed by atoms with E-state index in [1.54, 1.807) is 39.0 Å². The highest BCUT2D eigenvalue weighted by atomic mass is 16.6. The lowest BCUT2D eigenvalue weighted by molar-refractivity contribution is -0.165. The molecule has 32 heavy (non-hydrogen) atoms. The minimum atomic E-state index is -1.08. The van der Waals surface area contributed by atoms with Crippen molar-refractivity contribution in [1.29, 1.82) is 0 Å². The Morgan fingerprint density at radius 1 is 1.06 bits per heavy atom. The first kappa shape index (κ1) is 23.3. The molecule has 0 spiro atoms. The van der Waals surface area contributed by atoms with Crippen molar-refractivity contribution < 1.29 is 38.4 Å². The molecule has 1 N–H and O–H groups in total. The molecule has 1 aromatic carbocycles. The SMILES string of the molecule is COC(=O)c1cc(O[C@H]2CC(C(=O)OC(C)(C)C)[C@H](C(=O)O)C2)c2ccc(OC)cc2n1. The van der Waals surface area contributed by atoms with E-state index in [0.29, 0.717) is 22.4 Å². The Bertz CT molecular complexity index is 1040. The minimum absolute atomic E-state index is 0.0414. The van der Waals surface area contributed by atoms with Crippen LogP contribution in [-0.2, 0) is 19.1 Å². The number of carboxylic acids is 1. The van der Waals surface area contributed by atoms with E-state index in [1.807, 2.05) is 0 Å². The molecule has 1 heterocycles. The third kappa shape index (κ3) is 5.09. The van der Waals surface area contributed by atoms with Gasteiger partial charge in [-0.3, -0.25) is 9.59 Å². The third-order valence-corrected chi connectivity index (χ3v) is 5.21. The number of aliphatic carboxylic acids is 1. The van der Waals surface area contributed by atoms with Crippen LogP contribution in [0, 0.1) is 11.8 Å². The average Bonchev–Trinajstić information content (AvgIpc) is 3.15. The molecule has 1 aliphatic rings. The topological polar surface area (TPSA) is 121 Å². The van der Waals surface area contributed by atoms with E-state index in [-0.39, 0.29) is 18.5 Å². The van der Waals surface area contributed by atoms with Crippen molar-refractivity contribution in [3.8, 4) is 11.5 Å². The van der Waals surface area contributed by atoms with Gasteiger partial charge in [-0.15, -0.1) is 0 Å². The van der Waals surface area contributed by atoms with E-state index in [1.165, 1.54) is 20.3 Å². The molecular weight excluding hydrogens is 418 g/mol. The summed E-state index contributed by atoms with van der Waals surface area (Å²) in [5.41, 5.74) is -0.229. The number of benzene rings is 1. The van der Waals surface area contributed by atoms with Crippen LogP contribution in [0.3, 0.4) is 0 Å². The van der Waals surface area contributed by atoms with Crippen LogP contribution in [0.1, 0.15) is 44.1 Å². The first-order valence-corrected chi connectivity index (χ1v) is 10.2. The maximum absolute atomic E-state index is 12.6. The van der Waals surface area contributed by atoms with E-state index in [9.17, 15) is 19.5 Å². The fraction of sp³-hybridized carbons (Fsp3) is 0.478. The highest BCUT2D eigenvalue weighted by molar-refractivity contribution is 5.94. The van der Waals surface area contributed by atoms with Gasteiger partial charge in [0.1, 0.15) is 23.2 Å². The lowest BCUT2D eigenvalue weighted by atomic mass is 9.96. The van der Waals surface area contributed by atoms with E-state index in [2.05, 4.69) is 4.98 Å². The van der Waals surface area contributed by atoms with Gasteiger partial charge < -0.3 is 24.1 Å². The Morgan fingerprint density at radius 3 is 2.34 bits per heavy atom. The van der Waals surface area contributed by atoms with Crippen molar-refractivity contribution in [3.63, 3.8) is 0 Å². The predicted molar refractivity (Wildman–Crippen MR) is 114 cm³/mol. The van der Waals surface area contributed by atoms with Crippen molar-refractivity contribution in [2.45, 2.75) is 45.3 Å². The van der Waals surface area contributed by atoms with Crippen LogP contribution in [0.2, 0.25) is 0 Å². The highest BCUT2D eigenvalue weighted by Crippen LogP contribution is 2.38. The third-order valence-electron chi connectivity index (χ3n) is 5.21. The Morgan fingerprint density at radius 2 is 1.75 bits per heavy atom. The summed E-state index contributed by atoms with van der Waals surface area (Å²) in [6.07, 6.45) is -0.251. The average molecular weight is 445 g/mol. The molecule has 0 aliphatic heterocycles. The second kappa shape index (κ2) is 9.02. The Balaban J connectivity index is 1.93. The van der Waals surface area contributed by atoms with Gasteiger partial charge in [-0.25, -0.2) is 9.78 Å². The van der Waals surface area contributed by atoms with E-state index >= 15 is 0 Å². The number of ether oxygens (including phenoxy) is 4. The molecule has 9 nitrogen and oxygen atoms in total. The number of aromatic nitrogens is 1. The number of pyridine rings is 1. The summed E-state index contributed by atoms with van der Waals surface area (Å²) in [7, 11) is 2.77. The number of esters is 2. The number of carboxylic acid groups (broad SMARTS) is 1. The van der Waals surface area contributed by atoms with Gasteiger partial charge in [0.05, 0.1) is 31.6 Å². The van der Waals surface area contributed by atoms with Crippen LogP contribution in [0.5, 0.6) is 11.5 Å². The highest BCUT2D eigenvalue weighted by Gasteiger charge is 2.45. The number of rotatable bonds is 6. The molecule has 1 aromatic heterocycles. The molecule has 1 aliphatic carbocycles. The van der Waals surface area contributed by atoms with Gasteiger partial charge in [0.25, 0.3) is 0 Å². The minimum Gasteiger partial charge on any atom is -0.497 e. The summed E-state index contributed by atoms with van der Waals surface area (Å²) in [6, 6.07) is 6.59.